The molecule has 2 unspecified atom stereocenters. The Hall–Kier alpha value is -2.04. The molecule has 2 rings (SSSR count). The van der Waals surface area contributed by atoms with Crippen molar-refractivity contribution in [3.63, 3.8) is 0 Å². The summed E-state index contributed by atoms with van der Waals surface area (Å²) in [6.45, 7) is 2.21. The van der Waals surface area contributed by atoms with Crippen molar-refractivity contribution in [2.45, 2.75) is 45.1 Å². The Morgan fingerprint density at radius 1 is 1.33 bits per heavy atom. The molecule has 0 radical (unpaired) electrons. The predicted octanol–water partition coefficient (Wildman–Crippen LogP) is 2.48. The average Bonchev–Trinajstić information content (AvgIpc) is 2.54. The first-order valence-corrected chi connectivity index (χ1v) is 7.52. The average molecular weight is 289 g/mol. The summed E-state index contributed by atoms with van der Waals surface area (Å²) in [7, 11) is 0. The number of nitrogens with two attached hydrogens (primary N) is 1. The van der Waals surface area contributed by atoms with Gasteiger partial charge in [0.2, 0.25) is 0 Å². The lowest BCUT2D eigenvalue weighted by atomic mass is 9.84. The van der Waals surface area contributed by atoms with Gasteiger partial charge in [-0.2, -0.15) is 0 Å². The highest BCUT2D eigenvalue weighted by molar-refractivity contribution is 5.99. The molecule has 1 amide bonds. The lowest BCUT2D eigenvalue weighted by Gasteiger charge is -2.29. The summed E-state index contributed by atoms with van der Waals surface area (Å²) in [6.07, 6.45) is 5.78. The van der Waals surface area contributed by atoms with E-state index in [1.54, 1.807) is 24.3 Å². The Labute approximate surface area is 125 Å². The van der Waals surface area contributed by atoms with Crippen molar-refractivity contribution in [3.8, 4) is 0 Å². The first kappa shape index (κ1) is 15.4. The third-order valence-corrected chi connectivity index (χ3v) is 4.25. The van der Waals surface area contributed by atoms with Gasteiger partial charge in [0.05, 0.1) is 0 Å². The fraction of sp³-hybridized carbons (Fsp3) is 0.500. The van der Waals surface area contributed by atoms with E-state index in [9.17, 15) is 4.79 Å². The van der Waals surface area contributed by atoms with Crippen molar-refractivity contribution < 1.29 is 10.0 Å². The van der Waals surface area contributed by atoms with E-state index in [0.29, 0.717) is 11.1 Å². The molecule has 0 spiro atoms. The molecule has 1 fully saturated rings. The van der Waals surface area contributed by atoms with Gasteiger partial charge in [0.25, 0.3) is 5.91 Å². The number of amidine groups is 1. The highest BCUT2D eigenvalue weighted by Gasteiger charge is 2.22. The molecule has 21 heavy (non-hydrogen) atoms. The van der Waals surface area contributed by atoms with Gasteiger partial charge in [0.1, 0.15) is 0 Å². The van der Waals surface area contributed by atoms with Crippen LogP contribution in [0, 0.1) is 5.92 Å². The Morgan fingerprint density at radius 3 is 2.62 bits per heavy atom. The van der Waals surface area contributed by atoms with Gasteiger partial charge >= 0.3 is 0 Å². The largest absolute Gasteiger partial charge is 0.409 e. The van der Waals surface area contributed by atoms with Gasteiger partial charge in [0, 0.05) is 17.2 Å². The van der Waals surface area contributed by atoms with E-state index < -0.39 is 0 Å². The summed E-state index contributed by atoms with van der Waals surface area (Å²) in [5, 5.41) is 14.7. The molecule has 1 aliphatic carbocycles. The molecule has 0 aliphatic heterocycles. The van der Waals surface area contributed by atoms with Crippen LogP contribution in [0.25, 0.3) is 0 Å². The minimum absolute atomic E-state index is 0.0417. The van der Waals surface area contributed by atoms with Gasteiger partial charge in [-0.3, -0.25) is 4.79 Å². The van der Waals surface area contributed by atoms with Crippen LogP contribution < -0.4 is 11.1 Å². The van der Waals surface area contributed by atoms with Crippen LogP contribution in [0.5, 0.6) is 0 Å². The molecule has 4 N–H and O–H groups in total. The molecule has 1 aromatic rings. The fourth-order valence-electron chi connectivity index (χ4n) is 2.91. The third-order valence-electron chi connectivity index (χ3n) is 4.25. The van der Waals surface area contributed by atoms with Gasteiger partial charge in [-0.15, -0.1) is 0 Å². The first-order valence-electron chi connectivity index (χ1n) is 7.52. The van der Waals surface area contributed by atoms with Crippen LogP contribution in [0.4, 0.5) is 0 Å². The maximum atomic E-state index is 12.2. The van der Waals surface area contributed by atoms with Crippen molar-refractivity contribution >= 4 is 11.7 Å². The van der Waals surface area contributed by atoms with Gasteiger partial charge in [0.15, 0.2) is 5.84 Å². The summed E-state index contributed by atoms with van der Waals surface area (Å²) < 4.78 is 0. The number of benzene rings is 1. The zero-order valence-corrected chi connectivity index (χ0v) is 12.4. The van der Waals surface area contributed by atoms with Crippen LogP contribution in [0.1, 0.15) is 54.9 Å². The second-order valence-corrected chi connectivity index (χ2v) is 5.67. The molecule has 0 aromatic heterocycles. The Morgan fingerprint density at radius 2 is 2.00 bits per heavy atom. The number of rotatable bonds is 4. The number of nitrogens with zero attached hydrogens (tertiary/aromatic N) is 1. The van der Waals surface area contributed by atoms with E-state index in [1.807, 2.05) is 0 Å². The lowest BCUT2D eigenvalue weighted by molar-refractivity contribution is 0.0919. The maximum Gasteiger partial charge on any atom is 0.251 e. The van der Waals surface area contributed by atoms with E-state index in [1.165, 1.54) is 19.3 Å². The number of carbonyl (C=O) groups is 1. The van der Waals surface area contributed by atoms with Crippen LogP contribution >= 0.6 is 0 Å². The summed E-state index contributed by atoms with van der Waals surface area (Å²) in [4.78, 5) is 12.2. The molecular weight excluding hydrogens is 266 g/mol. The summed E-state index contributed by atoms with van der Waals surface area (Å²) in [5.41, 5.74) is 6.70. The summed E-state index contributed by atoms with van der Waals surface area (Å²) in [5.74, 6) is 0.717. The molecule has 5 heteroatoms. The number of nitrogens with one attached hydrogen (secondary N) is 1. The summed E-state index contributed by atoms with van der Waals surface area (Å²) >= 11 is 0. The first-order chi connectivity index (χ1) is 10.1. The topological polar surface area (TPSA) is 87.7 Å². The predicted molar refractivity (Wildman–Crippen MR) is 82.5 cm³/mol. The molecule has 1 aliphatic rings. The molecule has 1 saturated carbocycles. The molecular formula is C16H23N3O2. The highest BCUT2D eigenvalue weighted by atomic mass is 16.4. The van der Waals surface area contributed by atoms with Gasteiger partial charge in [-0.25, -0.2) is 0 Å². The Balaban J connectivity index is 1.97. The Kier molecular flexibility index (Phi) is 5.20. The van der Waals surface area contributed by atoms with E-state index >= 15 is 0 Å². The van der Waals surface area contributed by atoms with Crippen molar-refractivity contribution in [1.82, 2.24) is 5.32 Å². The molecule has 0 saturated heterocycles. The molecule has 114 valence electrons. The number of hydrogen-bond donors (Lipinski definition) is 3. The summed E-state index contributed by atoms with van der Waals surface area (Å²) in [6, 6.07) is 7.03. The minimum Gasteiger partial charge on any atom is -0.409 e. The zero-order chi connectivity index (χ0) is 15.2. The Bertz CT molecular complexity index is 511. The smallest absolute Gasteiger partial charge is 0.251 e. The van der Waals surface area contributed by atoms with Crippen LogP contribution in [-0.2, 0) is 0 Å². The van der Waals surface area contributed by atoms with E-state index in [-0.39, 0.29) is 17.8 Å². The number of oxime groups is 1. The van der Waals surface area contributed by atoms with Crippen LogP contribution in [0.2, 0.25) is 0 Å². The van der Waals surface area contributed by atoms with Gasteiger partial charge in [-0.1, -0.05) is 43.5 Å². The van der Waals surface area contributed by atoms with Crippen LogP contribution in [0.3, 0.4) is 0 Å². The standard InChI is InChI=1S/C16H23N3O2/c1-2-11-4-3-5-14(10-11)18-16(20)13-8-6-12(7-9-13)15(17)19-21/h6-9,11,14,21H,2-5,10H2,1H3,(H2,17,19)(H,18,20). The van der Waals surface area contributed by atoms with Gasteiger partial charge in [-0.05, 0) is 30.9 Å². The minimum atomic E-state index is -0.0530. The second-order valence-electron chi connectivity index (χ2n) is 5.67. The van der Waals surface area contributed by atoms with Crippen molar-refractivity contribution in [2.75, 3.05) is 0 Å². The number of hydrogen-bond acceptors (Lipinski definition) is 3. The molecule has 2 atom stereocenters. The molecule has 0 bridgehead atoms. The van der Waals surface area contributed by atoms with Gasteiger partial charge < -0.3 is 16.3 Å². The van der Waals surface area contributed by atoms with Crippen LogP contribution in [-0.4, -0.2) is 23.0 Å². The molecule has 0 heterocycles. The lowest BCUT2D eigenvalue weighted by Crippen LogP contribution is -2.38. The van der Waals surface area contributed by atoms with E-state index in [4.69, 9.17) is 10.9 Å². The van der Waals surface area contributed by atoms with Crippen molar-refractivity contribution in [1.29, 1.82) is 0 Å². The van der Waals surface area contributed by atoms with Crippen molar-refractivity contribution in [3.05, 3.63) is 35.4 Å². The monoisotopic (exact) mass is 289 g/mol. The van der Waals surface area contributed by atoms with Crippen molar-refractivity contribution in [2.24, 2.45) is 16.8 Å². The highest BCUT2D eigenvalue weighted by Crippen LogP contribution is 2.26. The number of amides is 1. The van der Waals surface area contributed by atoms with E-state index in [2.05, 4.69) is 17.4 Å². The number of carbonyl (C=O) groups excluding carboxylic acids is 1. The normalized spacial score (nSPS) is 22.8. The second kappa shape index (κ2) is 7.11. The quantitative estimate of drug-likeness (QED) is 0.344. The fourth-order valence-corrected chi connectivity index (χ4v) is 2.91. The van der Waals surface area contributed by atoms with Crippen LogP contribution in [0.15, 0.2) is 29.4 Å². The molecule has 1 aromatic carbocycles. The molecule has 5 nitrogen and oxygen atoms in total. The SMILES string of the molecule is CCC1CCCC(NC(=O)c2ccc(C(N)=NO)cc2)C1. The third kappa shape index (κ3) is 3.97. The maximum absolute atomic E-state index is 12.2. The zero-order valence-electron chi connectivity index (χ0n) is 12.4. The van der Waals surface area contributed by atoms with E-state index in [0.717, 1.165) is 18.8 Å².